The minimum atomic E-state index is -0.472. The zero-order valence-corrected chi connectivity index (χ0v) is 13.4. The molecule has 0 aliphatic rings. The summed E-state index contributed by atoms with van der Waals surface area (Å²) < 4.78 is 6.41. The maximum absolute atomic E-state index is 10.9. The normalized spacial score (nSPS) is 10.4. The highest BCUT2D eigenvalue weighted by Crippen LogP contribution is 2.37. The summed E-state index contributed by atoms with van der Waals surface area (Å²) in [6.45, 7) is 0.572. The Hall–Kier alpha value is -1.63. The number of nitro benzene ring substituents is 1. The van der Waals surface area contributed by atoms with Gasteiger partial charge in [-0.25, -0.2) is 0 Å². The maximum Gasteiger partial charge on any atom is 0.273 e. The lowest BCUT2D eigenvalue weighted by Crippen LogP contribution is -2.06. The van der Waals surface area contributed by atoms with Crippen LogP contribution in [-0.2, 0) is 6.54 Å². The molecular weight excluding hydrogens is 360 g/mol. The average Bonchev–Trinajstić information content (AvgIpc) is 2.44. The van der Waals surface area contributed by atoms with E-state index in [2.05, 4.69) is 21.2 Å². The molecule has 0 bridgehead atoms. The Labute approximate surface area is 135 Å². The van der Waals surface area contributed by atoms with E-state index in [4.69, 9.17) is 16.3 Å². The van der Waals surface area contributed by atoms with Crippen LogP contribution in [0.4, 0.5) is 5.69 Å². The van der Waals surface area contributed by atoms with E-state index in [1.54, 1.807) is 12.1 Å². The number of ether oxygens (including phenoxy) is 1. The van der Waals surface area contributed by atoms with E-state index in [-0.39, 0.29) is 5.69 Å². The molecular formula is C14H12BrClN2O3. The fourth-order valence-electron chi connectivity index (χ4n) is 1.79. The van der Waals surface area contributed by atoms with Crippen LogP contribution < -0.4 is 10.1 Å². The quantitative estimate of drug-likeness (QED) is 0.620. The topological polar surface area (TPSA) is 64.4 Å². The lowest BCUT2D eigenvalue weighted by Gasteiger charge is -2.13. The Morgan fingerprint density at radius 2 is 2.14 bits per heavy atom. The Balaban J connectivity index is 2.42. The predicted molar refractivity (Wildman–Crippen MR) is 85.1 cm³/mol. The first-order valence-electron chi connectivity index (χ1n) is 6.06. The van der Waals surface area contributed by atoms with Crippen LogP contribution in [0.1, 0.15) is 5.56 Å². The molecule has 0 heterocycles. The highest BCUT2D eigenvalue weighted by Gasteiger charge is 2.14. The highest BCUT2D eigenvalue weighted by atomic mass is 79.9. The smallest absolute Gasteiger partial charge is 0.273 e. The second-order valence-electron chi connectivity index (χ2n) is 4.23. The number of rotatable bonds is 5. The summed E-state index contributed by atoms with van der Waals surface area (Å²) in [6.07, 6.45) is 0. The lowest BCUT2D eigenvalue weighted by atomic mass is 10.2. The van der Waals surface area contributed by atoms with Crippen molar-refractivity contribution in [2.75, 3.05) is 7.05 Å². The highest BCUT2D eigenvalue weighted by molar-refractivity contribution is 9.10. The van der Waals surface area contributed by atoms with Gasteiger partial charge in [-0.2, -0.15) is 0 Å². The summed E-state index contributed by atoms with van der Waals surface area (Å²) in [6, 6.07) is 9.74. The molecule has 0 aliphatic carbocycles. The van der Waals surface area contributed by atoms with E-state index >= 15 is 0 Å². The Bertz CT molecular complexity index is 679. The van der Waals surface area contributed by atoms with Crippen LogP contribution in [0.25, 0.3) is 0 Å². The monoisotopic (exact) mass is 370 g/mol. The van der Waals surface area contributed by atoms with Crippen molar-refractivity contribution in [1.82, 2.24) is 5.32 Å². The fraction of sp³-hybridized carbons (Fsp3) is 0.143. The van der Waals surface area contributed by atoms with E-state index in [0.29, 0.717) is 27.5 Å². The van der Waals surface area contributed by atoms with Crippen LogP contribution in [-0.4, -0.2) is 12.0 Å². The SMILES string of the molecule is CNCc1cccc(Cl)c1Oc1cc([N+](=O)[O-])ccc1Br. The van der Waals surface area contributed by atoms with Gasteiger partial charge in [0.1, 0.15) is 5.75 Å². The van der Waals surface area contributed by atoms with Crippen molar-refractivity contribution in [3.05, 3.63) is 61.6 Å². The largest absolute Gasteiger partial charge is 0.454 e. The van der Waals surface area contributed by atoms with E-state index in [0.717, 1.165) is 5.56 Å². The van der Waals surface area contributed by atoms with Gasteiger partial charge in [0.25, 0.3) is 5.69 Å². The Morgan fingerprint density at radius 3 is 2.81 bits per heavy atom. The first-order valence-corrected chi connectivity index (χ1v) is 7.24. The molecule has 2 aromatic carbocycles. The molecule has 0 saturated carbocycles. The number of non-ortho nitro benzene ring substituents is 1. The number of nitrogens with one attached hydrogen (secondary N) is 1. The van der Waals surface area contributed by atoms with Gasteiger partial charge in [0.05, 0.1) is 20.5 Å². The molecule has 1 N–H and O–H groups in total. The van der Waals surface area contributed by atoms with Crippen LogP contribution in [0.2, 0.25) is 5.02 Å². The van der Waals surface area contributed by atoms with Crippen molar-refractivity contribution in [3.63, 3.8) is 0 Å². The molecule has 21 heavy (non-hydrogen) atoms. The van der Waals surface area contributed by atoms with Gasteiger partial charge in [0.15, 0.2) is 5.75 Å². The summed E-state index contributed by atoms with van der Waals surface area (Å²) in [4.78, 5) is 10.4. The van der Waals surface area contributed by atoms with Gasteiger partial charge in [0, 0.05) is 18.2 Å². The number of nitrogens with zero attached hydrogens (tertiary/aromatic N) is 1. The first-order chi connectivity index (χ1) is 10.0. The van der Waals surface area contributed by atoms with Crippen molar-refractivity contribution in [2.24, 2.45) is 0 Å². The third-order valence-corrected chi connectivity index (χ3v) is 3.71. The second kappa shape index (κ2) is 6.89. The minimum absolute atomic E-state index is 0.0459. The summed E-state index contributed by atoms with van der Waals surface area (Å²) in [5.74, 6) is 0.823. The van der Waals surface area contributed by atoms with Crippen LogP contribution in [0.3, 0.4) is 0 Å². The molecule has 5 nitrogen and oxygen atoms in total. The maximum atomic E-state index is 10.9. The van der Waals surface area contributed by atoms with E-state index in [1.807, 2.05) is 19.2 Å². The van der Waals surface area contributed by atoms with Crippen LogP contribution in [0.15, 0.2) is 40.9 Å². The Morgan fingerprint density at radius 1 is 1.38 bits per heavy atom. The van der Waals surface area contributed by atoms with Gasteiger partial charge >= 0.3 is 0 Å². The summed E-state index contributed by atoms with van der Waals surface area (Å²) in [5.41, 5.74) is 0.818. The minimum Gasteiger partial charge on any atom is -0.454 e. The third kappa shape index (κ3) is 3.72. The molecule has 0 amide bonds. The van der Waals surface area contributed by atoms with Crippen molar-refractivity contribution in [2.45, 2.75) is 6.54 Å². The molecule has 110 valence electrons. The number of nitro groups is 1. The van der Waals surface area contributed by atoms with E-state index in [9.17, 15) is 10.1 Å². The average molecular weight is 372 g/mol. The number of para-hydroxylation sites is 1. The van der Waals surface area contributed by atoms with Crippen molar-refractivity contribution in [1.29, 1.82) is 0 Å². The standard InChI is InChI=1S/C14H12BrClN2O3/c1-17-8-9-3-2-4-12(16)14(9)21-13-7-10(18(19)20)5-6-11(13)15/h2-7,17H,8H2,1H3. The first kappa shape index (κ1) is 15.8. The molecule has 2 rings (SSSR count). The molecule has 2 aromatic rings. The zero-order valence-electron chi connectivity index (χ0n) is 11.1. The number of benzene rings is 2. The van der Waals surface area contributed by atoms with Gasteiger partial charge in [-0.1, -0.05) is 23.7 Å². The summed E-state index contributed by atoms with van der Waals surface area (Å²) >= 11 is 9.49. The van der Waals surface area contributed by atoms with Gasteiger partial charge in [0.2, 0.25) is 0 Å². The van der Waals surface area contributed by atoms with Gasteiger partial charge in [-0.05, 0) is 35.1 Å². The third-order valence-electron chi connectivity index (χ3n) is 2.75. The number of hydrogen-bond donors (Lipinski definition) is 1. The van der Waals surface area contributed by atoms with E-state index in [1.165, 1.54) is 12.1 Å². The molecule has 0 saturated heterocycles. The van der Waals surface area contributed by atoms with Crippen LogP contribution in [0.5, 0.6) is 11.5 Å². The zero-order chi connectivity index (χ0) is 15.4. The molecule has 0 radical (unpaired) electrons. The molecule has 0 atom stereocenters. The van der Waals surface area contributed by atoms with Crippen LogP contribution in [0, 0.1) is 10.1 Å². The van der Waals surface area contributed by atoms with Crippen LogP contribution >= 0.6 is 27.5 Å². The predicted octanol–water partition coefficient (Wildman–Crippen LogP) is 4.52. The van der Waals surface area contributed by atoms with Gasteiger partial charge in [-0.3, -0.25) is 10.1 Å². The van der Waals surface area contributed by atoms with Gasteiger partial charge in [-0.15, -0.1) is 0 Å². The van der Waals surface area contributed by atoms with Crippen molar-refractivity contribution < 1.29 is 9.66 Å². The molecule has 0 fully saturated rings. The lowest BCUT2D eigenvalue weighted by molar-refractivity contribution is -0.384. The molecule has 0 unspecified atom stereocenters. The summed E-state index contributed by atoms with van der Waals surface area (Å²) in [5, 5.41) is 14.3. The molecule has 0 aliphatic heterocycles. The van der Waals surface area contributed by atoms with Gasteiger partial charge < -0.3 is 10.1 Å². The number of halogens is 2. The number of hydrogen-bond acceptors (Lipinski definition) is 4. The molecule has 0 aromatic heterocycles. The van der Waals surface area contributed by atoms with Crippen molar-refractivity contribution >= 4 is 33.2 Å². The fourth-order valence-corrected chi connectivity index (χ4v) is 2.35. The second-order valence-corrected chi connectivity index (χ2v) is 5.49. The molecule has 7 heteroatoms. The van der Waals surface area contributed by atoms with Crippen molar-refractivity contribution in [3.8, 4) is 11.5 Å². The summed E-state index contributed by atoms with van der Waals surface area (Å²) in [7, 11) is 1.81. The molecule has 0 spiro atoms. The Kier molecular flexibility index (Phi) is 5.17. The van der Waals surface area contributed by atoms with E-state index < -0.39 is 4.92 Å².